The fourth-order valence-electron chi connectivity index (χ4n) is 0.803. The molecule has 0 fully saturated rings. The molecule has 0 spiro atoms. The second-order valence-electron chi connectivity index (χ2n) is 2.09. The van der Waals surface area contributed by atoms with E-state index < -0.39 is 0 Å². The fourth-order valence-corrected chi connectivity index (χ4v) is 0.803. The summed E-state index contributed by atoms with van der Waals surface area (Å²) in [6, 6.07) is 0. The Balaban J connectivity index is 0.000000845. The van der Waals surface area contributed by atoms with E-state index in [1.807, 2.05) is 0 Å². The standard InChI is InChI=1S/C8H6N2O2.ClH/c1-3-11-7(5-9-1)8-6-10-2-4-12-8;/h1-6H;1H. The molecule has 0 aliphatic carbocycles. The SMILES string of the molecule is C1=COC(=C2C=NC=CO2)C=N1.Cl. The lowest BCUT2D eigenvalue weighted by molar-refractivity contribution is 0.308. The Morgan fingerprint density at radius 1 is 0.846 bits per heavy atom. The first-order chi connectivity index (χ1) is 5.97. The molecule has 13 heavy (non-hydrogen) atoms. The van der Waals surface area contributed by atoms with Crippen molar-refractivity contribution < 1.29 is 9.47 Å². The van der Waals surface area contributed by atoms with Gasteiger partial charge in [-0.1, -0.05) is 0 Å². The van der Waals surface area contributed by atoms with Gasteiger partial charge in [0.1, 0.15) is 12.5 Å². The Morgan fingerprint density at radius 2 is 1.31 bits per heavy atom. The fraction of sp³-hybridized carbons (Fsp3) is 0. The summed E-state index contributed by atoms with van der Waals surface area (Å²) in [4.78, 5) is 7.76. The Kier molecular flexibility index (Phi) is 3.28. The molecule has 0 unspecified atom stereocenters. The Labute approximate surface area is 81.4 Å². The summed E-state index contributed by atoms with van der Waals surface area (Å²) < 4.78 is 10.2. The van der Waals surface area contributed by atoms with Gasteiger partial charge >= 0.3 is 0 Å². The van der Waals surface area contributed by atoms with Crippen molar-refractivity contribution in [3.63, 3.8) is 0 Å². The lowest BCUT2D eigenvalue weighted by Crippen LogP contribution is -2.02. The van der Waals surface area contributed by atoms with Gasteiger partial charge in [-0.25, -0.2) is 0 Å². The maximum Gasteiger partial charge on any atom is 0.188 e. The lowest BCUT2D eigenvalue weighted by atomic mass is 10.4. The van der Waals surface area contributed by atoms with E-state index in [2.05, 4.69) is 9.98 Å². The molecule has 0 atom stereocenters. The molecule has 0 amide bonds. The zero-order valence-electron chi connectivity index (χ0n) is 6.58. The number of nitrogens with zero attached hydrogens (tertiary/aromatic N) is 2. The van der Waals surface area contributed by atoms with Gasteiger partial charge in [-0.2, -0.15) is 0 Å². The monoisotopic (exact) mass is 198 g/mol. The first kappa shape index (κ1) is 9.54. The summed E-state index contributed by atoms with van der Waals surface area (Å²) in [5, 5.41) is 0. The van der Waals surface area contributed by atoms with E-state index >= 15 is 0 Å². The molecule has 5 heteroatoms. The predicted octanol–water partition coefficient (Wildman–Crippen LogP) is 1.76. The number of hydrogen-bond acceptors (Lipinski definition) is 4. The highest BCUT2D eigenvalue weighted by molar-refractivity contribution is 5.89. The topological polar surface area (TPSA) is 43.2 Å². The average molecular weight is 199 g/mol. The highest BCUT2D eigenvalue weighted by Crippen LogP contribution is 2.10. The van der Waals surface area contributed by atoms with Crippen molar-refractivity contribution in [1.82, 2.24) is 0 Å². The van der Waals surface area contributed by atoms with Gasteiger partial charge in [-0.05, 0) is 0 Å². The van der Waals surface area contributed by atoms with Crippen LogP contribution < -0.4 is 0 Å². The van der Waals surface area contributed by atoms with E-state index in [4.69, 9.17) is 9.47 Å². The largest absolute Gasteiger partial charge is 0.458 e. The molecule has 2 aliphatic rings. The highest BCUT2D eigenvalue weighted by atomic mass is 35.5. The molecular weight excluding hydrogens is 192 g/mol. The molecule has 2 aliphatic heterocycles. The van der Waals surface area contributed by atoms with Crippen LogP contribution in [0.4, 0.5) is 0 Å². The van der Waals surface area contributed by atoms with Gasteiger partial charge in [0.25, 0.3) is 0 Å². The number of hydrogen-bond donors (Lipinski definition) is 0. The molecule has 2 rings (SSSR count). The number of rotatable bonds is 0. The molecule has 2 heterocycles. The Bertz CT molecular complexity index is 297. The summed E-state index contributed by atoms with van der Waals surface area (Å²) in [5.74, 6) is 1.12. The normalized spacial score (nSPS) is 23.4. The predicted molar refractivity (Wildman–Crippen MR) is 51.7 cm³/mol. The highest BCUT2D eigenvalue weighted by Gasteiger charge is 2.07. The van der Waals surface area contributed by atoms with Crippen LogP contribution in [0.1, 0.15) is 0 Å². The van der Waals surface area contributed by atoms with Crippen molar-refractivity contribution >= 4 is 24.8 Å². The first-order valence-electron chi connectivity index (χ1n) is 3.41. The summed E-state index contributed by atoms with van der Waals surface area (Å²) in [6.07, 6.45) is 9.22. The third-order valence-electron chi connectivity index (χ3n) is 1.31. The third kappa shape index (κ3) is 2.19. The first-order valence-corrected chi connectivity index (χ1v) is 3.41. The zero-order chi connectivity index (χ0) is 8.23. The van der Waals surface area contributed by atoms with E-state index in [1.165, 1.54) is 12.5 Å². The molecule has 0 aromatic rings. The zero-order valence-corrected chi connectivity index (χ0v) is 7.40. The van der Waals surface area contributed by atoms with Crippen molar-refractivity contribution in [2.45, 2.75) is 0 Å². The number of aliphatic imine (C=N–C) groups is 2. The molecule has 0 aromatic carbocycles. The number of ether oxygens (including phenoxy) is 2. The number of halogens is 1. The van der Waals surface area contributed by atoms with Crippen LogP contribution in [0.2, 0.25) is 0 Å². The maximum absolute atomic E-state index is 5.12. The van der Waals surface area contributed by atoms with E-state index in [0.717, 1.165) is 0 Å². The Morgan fingerprint density at radius 3 is 1.62 bits per heavy atom. The van der Waals surface area contributed by atoms with Crippen molar-refractivity contribution in [1.29, 1.82) is 0 Å². The van der Waals surface area contributed by atoms with Crippen LogP contribution >= 0.6 is 12.4 Å². The van der Waals surface area contributed by atoms with Gasteiger partial charge < -0.3 is 9.47 Å². The Hall–Kier alpha value is -1.55. The summed E-state index contributed by atoms with van der Waals surface area (Å²) in [6.45, 7) is 0. The molecular formula is C8H7ClN2O2. The van der Waals surface area contributed by atoms with E-state index in [9.17, 15) is 0 Å². The van der Waals surface area contributed by atoms with Crippen LogP contribution in [0.3, 0.4) is 0 Å². The minimum atomic E-state index is 0. The molecule has 0 bridgehead atoms. The minimum absolute atomic E-state index is 0. The van der Waals surface area contributed by atoms with Crippen molar-refractivity contribution in [3.8, 4) is 0 Å². The van der Waals surface area contributed by atoms with Crippen LogP contribution in [-0.2, 0) is 9.47 Å². The summed E-state index contributed by atoms with van der Waals surface area (Å²) >= 11 is 0. The van der Waals surface area contributed by atoms with E-state index in [1.54, 1.807) is 24.8 Å². The van der Waals surface area contributed by atoms with Crippen LogP contribution in [0.5, 0.6) is 0 Å². The summed E-state index contributed by atoms with van der Waals surface area (Å²) in [7, 11) is 0. The van der Waals surface area contributed by atoms with Crippen molar-refractivity contribution in [2.75, 3.05) is 0 Å². The van der Waals surface area contributed by atoms with Gasteiger partial charge in [0.15, 0.2) is 11.5 Å². The van der Waals surface area contributed by atoms with Gasteiger partial charge in [-0.15, -0.1) is 12.4 Å². The molecule has 0 radical (unpaired) electrons. The van der Waals surface area contributed by atoms with Crippen LogP contribution in [0.15, 0.2) is 46.4 Å². The smallest absolute Gasteiger partial charge is 0.188 e. The summed E-state index contributed by atoms with van der Waals surface area (Å²) in [5.41, 5.74) is 0. The van der Waals surface area contributed by atoms with Crippen LogP contribution in [-0.4, -0.2) is 12.4 Å². The maximum atomic E-state index is 5.12. The molecule has 0 saturated carbocycles. The second kappa shape index (κ2) is 4.47. The molecule has 0 aromatic heterocycles. The van der Waals surface area contributed by atoms with Crippen molar-refractivity contribution in [3.05, 3.63) is 36.4 Å². The second-order valence-corrected chi connectivity index (χ2v) is 2.09. The van der Waals surface area contributed by atoms with Gasteiger partial charge in [0, 0.05) is 0 Å². The molecule has 4 nitrogen and oxygen atoms in total. The molecule has 0 N–H and O–H groups in total. The lowest BCUT2D eigenvalue weighted by Gasteiger charge is -2.09. The average Bonchev–Trinajstić information content (AvgIpc) is 2.21. The number of allylic oxidation sites excluding steroid dienone is 2. The quantitative estimate of drug-likeness (QED) is 0.595. The third-order valence-corrected chi connectivity index (χ3v) is 1.31. The van der Waals surface area contributed by atoms with Gasteiger partial charge in [0.2, 0.25) is 0 Å². The van der Waals surface area contributed by atoms with Crippen LogP contribution in [0.25, 0.3) is 0 Å². The molecule has 0 saturated heterocycles. The van der Waals surface area contributed by atoms with Crippen LogP contribution in [0, 0.1) is 0 Å². The van der Waals surface area contributed by atoms with Gasteiger partial charge in [0.05, 0.1) is 24.8 Å². The van der Waals surface area contributed by atoms with E-state index in [-0.39, 0.29) is 12.4 Å². The minimum Gasteiger partial charge on any atom is -0.458 e. The molecule has 68 valence electrons. The van der Waals surface area contributed by atoms with Crippen molar-refractivity contribution in [2.24, 2.45) is 9.98 Å². The van der Waals surface area contributed by atoms with Gasteiger partial charge in [-0.3, -0.25) is 9.98 Å². The van der Waals surface area contributed by atoms with E-state index in [0.29, 0.717) is 11.5 Å².